The zero-order valence-electron chi connectivity index (χ0n) is 14.7. The van der Waals surface area contributed by atoms with Crippen molar-refractivity contribution in [3.63, 3.8) is 0 Å². The van der Waals surface area contributed by atoms with Gasteiger partial charge >= 0.3 is 0 Å². The first-order valence-electron chi connectivity index (χ1n) is 9.11. The number of hydrogen-bond acceptors (Lipinski definition) is 4. The van der Waals surface area contributed by atoms with Crippen LogP contribution in [-0.4, -0.2) is 44.3 Å². The van der Waals surface area contributed by atoms with E-state index in [4.69, 9.17) is 0 Å². The molecule has 1 aromatic carbocycles. The standard InChI is InChI=1S/C18H27N3O3S/c1-14-12-15(8-9-19-14)18(22)20-16-6-5-7-17(13-16)25(23,24)21-10-3-2-4-11-21/h5-7,13-15,19H,2-4,8-12H2,1H3,(H,20,22)/t14-,15-/m0/s1. The van der Waals surface area contributed by atoms with E-state index in [2.05, 4.69) is 17.6 Å². The Kier molecular flexibility index (Phi) is 5.76. The van der Waals surface area contributed by atoms with Crippen LogP contribution in [0.3, 0.4) is 0 Å². The Bertz CT molecular complexity index is 714. The minimum absolute atomic E-state index is 0.0270. The van der Waals surface area contributed by atoms with Gasteiger partial charge in [0.2, 0.25) is 15.9 Å². The van der Waals surface area contributed by atoms with Gasteiger partial charge in [-0.15, -0.1) is 0 Å². The Morgan fingerprint density at radius 2 is 2.00 bits per heavy atom. The van der Waals surface area contributed by atoms with Crippen molar-refractivity contribution < 1.29 is 13.2 Å². The molecule has 0 aliphatic carbocycles. The molecule has 2 aliphatic heterocycles. The molecule has 25 heavy (non-hydrogen) atoms. The number of nitrogens with one attached hydrogen (secondary N) is 2. The summed E-state index contributed by atoms with van der Waals surface area (Å²) in [7, 11) is -3.48. The number of sulfonamides is 1. The summed E-state index contributed by atoms with van der Waals surface area (Å²) in [6.07, 6.45) is 4.50. The van der Waals surface area contributed by atoms with E-state index < -0.39 is 10.0 Å². The Hall–Kier alpha value is -1.44. The molecule has 2 N–H and O–H groups in total. The molecule has 138 valence electrons. The van der Waals surface area contributed by atoms with Crippen LogP contribution in [0.2, 0.25) is 0 Å². The highest BCUT2D eigenvalue weighted by Crippen LogP contribution is 2.24. The van der Waals surface area contributed by atoms with Crippen LogP contribution >= 0.6 is 0 Å². The molecule has 0 aromatic heterocycles. The number of carbonyl (C=O) groups is 1. The van der Waals surface area contributed by atoms with E-state index in [-0.39, 0.29) is 16.7 Å². The molecule has 2 atom stereocenters. The van der Waals surface area contributed by atoms with Crippen molar-refractivity contribution >= 4 is 21.6 Å². The SMILES string of the molecule is C[C@H]1C[C@@H](C(=O)Nc2cccc(S(=O)(=O)N3CCCCC3)c2)CCN1. The molecule has 2 heterocycles. The van der Waals surface area contributed by atoms with Gasteiger partial charge in [0.25, 0.3) is 0 Å². The van der Waals surface area contributed by atoms with E-state index in [1.165, 1.54) is 0 Å². The largest absolute Gasteiger partial charge is 0.326 e. The van der Waals surface area contributed by atoms with Crippen molar-refractivity contribution in [3.05, 3.63) is 24.3 Å². The number of carbonyl (C=O) groups excluding carboxylic acids is 1. The fraction of sp³-hybridized carbons (Fsp3) is 0.611. The van der Waals surface area contributed by atoms with Gasteiger partial charge < -0.3 is 10.6 Å². The van der Waals surface area contributed by atoms with Crippen LogP contribution in [0.5, 0.6) is 0 Å². The van der Waals surface area contributed by atoms with Gasteiger partial charge in [-0.1, -0.05) is 12.5 Å². The molecule has 2 aliphatic rings. The molecule has 0 saturated carbocycles. The summed E-state index contributed by atoms with van der Waals surface area (Å²) in [5.74, 6) is -0.0560. The van der Waals surface area contributed by atoms with Crippen molar-refractivity contribution in [1.82, 2.24) is 9.62 Å². The first-order valence-corrected chi connectivity index (χ1v) is 10.6. The maximum atomic E-state index is 12.8. The van der Waals surface area contributed by atoms with Crippen molar-refractivity contribution in [2.75, 3.05) is 25.0 Å². The van der Waals surface area contributed by atoms with E-state index >= 15 is 0 Å². The summed E-state index contributed by atoms with van der Waals surface area (Å²) in [5.41, 5.74) is 0.550. The molecule has 2 saturated heterocycles. The molecule has 0 spiro atoms. The van der Waals surface area contributed by atoms with E-state index in [0.29, 0.717) is 24.8 Å². The van der Waals surface area contributed by atoms with Crippen molar-refractivity contribution in [2.45, 2.75) is 50.0 Å². The highest BCUT2D eigenvalue weighted by Gasteiger charge is 2.27. The predicted molar refractivity (Wildman–Crippen MR) is 97.9 cm³/mol. The lowest BCUT2D eigenvalue weighted by Crippen LogP contribution is -2.40. The fourth-order valence-electron chi connectivity index (χ4n) is 3.60. The molecule has 1 aromatic rings. The van der Waals surface area contributed by atoms with E-state index in [9.17, 15) is 13.2 Å². The Balaban J connectivity index is 1.71. The molecule has 6 nitrogen and oxygen atoms in total. The minimum Gasteiger partial charge on any atom is -0.326 e. The monoisotopic (exact) mass is 365 g/mol. The van der Waals surface area contributed by atoms with Crippen LogP contribution in [0.25, 0.3) is 0 Å². The van der Waals surface area contributed by atoms with Gasteiger partial charge in [0.05, 0.1) is 4.90 Å². The second kappa shape index (κ2) is 7.85. The first kappa shape index (κ1) is 18.4. The van der Waals surface area contributed by atoms with Gasteiger partial charge in [0, 0.05) is 30.7 Å². The lowest BCUT2D eigenvalue weighted by atomic mass is 9.92. The third-order valence-electron chi connectivity index (χ3n) is 5.05. The highest BCUT2D eigenvalue weighted by molar-refractivity contribution is 7.89. The third kappa shape index (κ3) is 4.40. The summed E-state index contributed by atoms with van der Waals surface area (Å²) in [5, 5.41) is 6.23. The average molecular weight is 365 g/mol. The van der Waals surface area contributed by atoms with E-state index in [1.807, 2.05) is 0 Å². The Morgan fingerprint density at radius 1 is 1.24 bits per heavy atom. The first-order chi connectivity index (χ1) is 12.0. The minimum atomic E-state index is -3.48. The normalized spacial score (nSPS) is 25.5. The lowest BCUT2D eigenvalue weighted by Gasteiger charge is -2.27. The number of benzene rings is 1. The molecule has 1 amide bonds. The number of amides is 1. The van der Waals surface area contributed by atoms with Gasteiger partial charge in [-0.3, -0.25) is 4.79 Å². The van der Waals surface area contributed by atoms with E-state index in [0.717, 1.165) is 38.6 Å². The van der Waals surface area contributed by atoms with Gasteiger partial charge in [0.15, 0.2) is 0 Å². The number of piperidine rings is 2. The second-order valence-electron chi connectivity index (χ2n) is 7.06. The molecule has 0 radical (unpaired) electrons. The zero-order chi connectivity index (χ0) is 17.9. The van der Waals surface area contributed by atoms with Gasteiger partial charge in [-0.25, -0.2) is 8.42 Å². The number of rotatable bonds is 4. The van der Waals surface area contributed by atoms with Gasteiger partial charge in [0.1, 0.15) is 0 Å². The van der Waals surface area contributed by atoms with Crippen molar-refractivity contribution in [2.24, 2.45) is 5.92 Å². The van der Waals surface area contributed by atoms with Crippen LogP contribution in [-0.2, 0) is 14.8 Å². The van der Waals surface area contributed by atoms with Gasteiger partial charge in [-0.05, 0) is 57.4 Å². The van der Waals surface area contributed by atoms with Crippen molar-refractivity contribution in [3.8, 4) is 0 Å². The Morgan fingerprint density at radius 3 is 2.72 bits per heavy atom. The van der Waals surface area contributed by atoms with Crippen LogP contribution < -0.4 is 10.6 Å². The number of hydrogen-bond donors (Lipinski definition) is 2. The zero-order valence-corrected chi connectivity index (χ0v) is 15.5. The second-order valence-corrected chi connectivity index (χ2v) is 9.00. The number of anilines is 1. The van der Waals surface area contributed by atoms with Crippen LogP contribution in [0.4, 0.5) is 5.69 Å². The van der Waals surface area contributed by atoms with Crippen molar-refractivity contribution in [1.29, 1.82) is 0 Å². The third-order valence-corrected chi connectivity index (χ3v) is 6.94. The maximum Gasteiger partial charge on any atom is 0.243 e. The summed E-state index contributed by atoms with van der Waals surface area (Å²) >= 11 is 0. The predicted octanol–water partition coefficient (Wildman–Crippen LogP) is 2.19. The highest BCUT2D eigenvalue weighted by atomic mass is 32.2. The lowest BCUT2D eigenvalue weighted by molar-refractivity contribution is -0.120. The Labute approximate surface area is 150 Å². The molecule has 2 fully saturated rings. The summed E-state index contributed by atoms with van der Waals surface area (Å²) in [6, 6.07) is 6.95. The smallest absolute Gasteiger partial charge is 0.243 e. The molecule has 3 rings (SSSR count). The molecule has 7 heteroatoms. The van der Waals surface area contributed by atoms with Crippen LogP contribution in [0.15, 0.2) is 29.2 Å². The fourth-order valence-corrected chi connectivity index (χ4v) is 5.17. The number of nitrogens with zero attached hydrogens (tertiary/aromatic N) is 1. The van der Waals surface area contributed by atoms with Crippen LogP contribution in [0, 0.1) is 5.92 Å². The topological polar surface area (TPSA) is 78.5 Å². The molecular formula is C18H27N3O3S. The molecular weight excluding hydrogens is 338 g/mol. The summed E-state index contributed by atoms with van der Waals surface area (Å²) in [4.78, 5) is 12.7. The summed E-state index contributed by atoms with van der Waals surface area (Å²) < 4.78 is 27.1. The quantitative estimate of drug-likeness (QED) is 0.857. The summed E-state index contributed by atoms with van der Waals surface area (Å²) in [6.45, 7) is 4.06. The molecule has 0 unspecified atom stereocenters. The average Bonchev–Trinajstić information content (AvgIpc) is 2.62. The van der Waals surface area contributed by atoms with E-state index in [1.54, 1.807) is 28.6 Å². The van der Waals surface area contributed by atoms with Crippen LogP contribution in [0.1, 0.15) is 39.0 Å². The molecule has 0 bridgehead atoms. The van der Waals surface area contributed by atoms with Gasteiger partial charge in [-0.2, -0.15) is 4.31 Å². The maximum absolute atomic E-state index is 12.8.